The number of anilines is 4. The van der Waals surface area contributed by atoms with E-state index in [1.165, 1.54) is 12.3 Å². The van der Waals surface area contributed by atoms with E-state index in [9.17, 15) is 17.6 Å². The van der Waals surface area contributed by atoms with E-state index in [4.69, 9.17) is 4.98 Å². The molecule has 10 heteroatoms. The van der Waals surface area contributed by atoms with Crippen LogP contribution in [0.25, 0.3) is 0 Å². The van der Waals surface area contributed by atoms with Gasteiger partial charge in [0.05, 0.1) is 5.56 Å². The van der Waals surface area contributed by atoms with Crippen molar-refractivity contribution in [2.75, 3.05) is 65.4 Å². The van der Waals surface area contributed by atoms with Crippen LogP contribution in [0.15, 0.2) is 30.5 Å². The Morgan fingerprint density at radius 3 is 2.20 bits per heavy atom. The first kappa shape index (κ1) is 23.9. The number of hydrogen-bond donors (Lipinski definition) is 0. The summed E-state index contributed by atoms with van der Waals surface area (Å²) in [6.45, 7) is 6.46. The molecule has 0 radical (unpaired) electrons. The zero-order valence-electron chi connectivity index (χ0n) is 20.0. The van der Waals surface area contributed by atoms with Crippen LogP contribution < -0.4 is 19.6 Å². The lowest BCUT2D eigenvalue weighted by molar-refractivity contribution is -0.137. The lowest BCUT2D eigenvalue weighted by Crippen LogP contribution is -2.47. The van der Waals surface area contributed by atoms with Crippen molar-refractivity contribution in [1.29, 1.82) is 0 Å². The molecule has 3 fully saturated rings. The third-order valence-electron chi connectivity index (χ3n) is 7.42. The van der Waals surface area contributed by atoms with Gasteiger partial charge in [-0.05, 0) is 44.7 Å². The fourth-order valence-electron chi connectivity index (χ4n) is 5.38. The molecule has 5 rings (SSSR count). The minimum Gasteiger partial charge on any atom is -0.371 e. The smallest absolute Gasteiger partial charge is 0.371 e. The van der Waals surface area contributed by atoms with Gasteiger partial charge in [-0.1, -0.05) is 0 Å². The molecule has 5 heterocycles. The Bertz CT molecular complexity index is 1020. The number of piperidine rings is 1. The standard InChI is InChI=1S/C25H32F4N6/c1-18-4-3-9-35(18)23-17-20(32-10-6-19(26)7-11-32)16-22(31-23)33-12-14-34(15-13-33)24-21(25(27,28)29)5-2-8-30-24/h2,5,8,16-19H,3-4,6-7,9-15H2,1H3. The lowest BCUT2D eigenvalue weighted by Gasteiger charge is -2.38. The number of hydrogen-bond acceptors (Lipinski definition) is 6. The van der Waals surface area contributed by atoms with E-state index in [-0.39, 0.29) is 5.82 Å². The van der Waals surface area contributed by atoms with E-state index in [0.29, 0.717) is 58.2 Å². The van der Waals surface area contributed by atoms with Gasteiger partial charge in [-0.2, -0.15) is 13.2 Å². The molecule has 0 spiro atoms. The molecule has 1 atom stereocenters. The fourth-order valence-corrected chi connectivity index (χ4v) is 5.38. The topological polar surface area (TPSA) is 38.7 Å². The first-order chi connectivity index (χ1) is 16.8. The number of pyridine rings is 2. The van der Waals surface area contributed by atoms with E-state index in [0.717, 1.165) is 42.8 Å². The quantitative estimate of drug-likeness (QED) is 0.574. The molecular weight excluding hydrogens is 460 g/mol. The van der Waals surface area contributed by atoms with E-state index >= 15 is 0 Å². The van der Waals surface area contributed by atoms with Gasteiger partial charge in [0.15, 0.2) is 0 Å². The molecule has 0 amide bonds. The summed E-state index contributed by atoms with van der Waals surface area (Å²) < 4.78 is 54.2. The van der Waals surface area contributed by atoms with Crippen molar-refractivity contribution in [3.63, 3.8) is 0 Å². The first-order valence-electron chi connectivity index (χ1n) is 12.5. The van der Waals surface area contributed by atoms with Gasteiger partial charge in [-0.25, -0.2) is 14.4 Å². The third-order valence-corrected chi connectivity index (χ3v) is 7.42. The van der Waals surface area contributed by atoms with E-state index in [1.54, 1.807) is 4.90 Å². The van der Waals surface area contributed by atoms with Crippen molar-refractivity contribution in [2.45, 2.75) is 51.0 Å². The van der Waals surface area contributed by atoms with Crippen LogP contribution >= 0.6 is 0 Å². The molecule has 0 aromatic carbocycles. The van der Waals surface area contributed by atoms with E-state index < -0.39 is 17.9 Å². The number of halogens is 4. The van der Waals surface area contributed by atoms with Crippen molar-refractivity contribution in [1.82, 2.24) is 9.97 Å². The normalized spacial score (nSPS) is 22.3. The Morgan fingerprint density at radius 2 is 1.54 bits per heavy atom. The summed E-state index contributed by atoms with van der Waals surface area (Å²) in [5, 5.41) is 0. The van der Waals surface area contributed by atoms with E-state index in [1.807, 2.05) is 0 Å². The molecular formula is C25H32F4N6. The molecule has 0 saturated carbocycles. The third kappa shape index (κ3) is 5.11. The van der Waals surface area contributed by atoms with Gasteiger partial charge in [0.2, 0.25) is 0 Å². The van der Waals surface area contributed by atoms with Gasteiger partial charge >= 0.3 is 6.18 Å². The van der Waals surface area contributed by atoms with Gasteiger partial charge in [-0.3, -0.25) is 0 Å². The largest absolute Gasteiger partial charge is 0.419 e. The summed E-state index contributed by atoms with van der Waals surface area (Å²) in [4.78, 5) is 17.4. The summed E-state index contributed by atoms with van der Waals surface area (Å²) in [5.74, 6) is 1.74. The molecule has 3 aliphatic rings. The van der Waals surface area contributed by atoms with Crippen LogP contribution in [-0.4, -0.2) is 68.0 Å². The molecule has 190 valence electrons. The summed E-state index contributed by atoms with van der Waals surface area (Å²) in [6.07, 6.45) is -0.475. The molecule has 3 saturated heterocycles. The Kier molecular flexibility index (Phi) is 6.63. The highest BCUT2D eigenvalue weighted by molar-refractivity contribution is 5.64. The predicted octanol–water partition coefficient (Wildman–Crippen LogP) is 4.75. The highest BCUT2D eigenvalue weighted by Gasteiger charge is 2.36. The zero-order chi connectivity index (χ0) is 24.6. The SMILES string of the molecule is CC1CCCN1c1cc(N2CCC(F)CC2)cc(N2CCN(c3ncccc3C(F)(F)F)CC2)n1. The Hall–Kier alpha value is -2.78. The molecule has 0 bridgehead atoms. The monoisotopic (exact) mass is 492 g/mol. The molecule has 0 aliphatic carbocycles. The molecule has 0 N–H and O–H groups in total. The second-order valence-electron chi connectivity index (χ2n) is 9.73. The highest BCUT2D eigenvalue weighted by atomic mass is 19.4. The van der Waals surface area contributed by atoms with Gasteiger partial charge in [0.1, 0.15) is 23.6 Å². The van der Waals surface area contributed by atoms with Gasteiger partial charge in [0, 0.05) is 75.9 Å². The Morgan fingerprint density at radius 1 is 0.857 bits per heavy atom. The average molecular weight is 493 g/mol. The molecule has 1 unspecified atom stereocenters. The van der Waals surface area contributed by atoms with Crippen LogP contribution in [0.4, 0.5) is 40.7 Å². The number of alkyl halides is 4. The Balaban J connectivity index is 1.38. The van der Waals surface area contributed by atoms with Gasteiger partial charge in [0.25, 0.3) is 0 Å². The van der Waals surface area contributed by atoms with Crippen LogP contribution in [-0.2, 0) is 6.18 Å². The minimum atomic E-state index is -4.44. The van der Waals surface area contributed by atoms with Crippen molar-refractivity contribution >= 4 is 23.1 Å². The maximum Gasteiger partial charge on any atom is 0.419 e. The lowest BCUT2D eigenvalue weighted by atomic mass is 10.1. The maximum atomic E-state index is 13.8. The summed E-state index contributed by atoms with van der Waals surface area (Å²) in [7, 11) is 0. The molecule has 3 aliphatic heterocycles. The zero-order valence-corrected chi connectivity index (χ0v) is 20.0. The maximum absolute atomic E-state index is 13.8. The molecule has 2 aromatic heterocycles. The number of piperazine rings is 1. The second-order valence-corrected chi connectivity index (χ2v) is 9.73. The van der Waals surface area contributed by atoms with Crippen molar-refractivity contribution in [3.8, 4) is 0 Å². The van der Waals surface area contributed by atoms with Crippen LogP contribution in [0.1, 0.15) is 38.2 Å². The van der Waals surface area contributed by atoms with Crippen LogP contribution in [0.5, 0.6) is 0 Å². The van der Waals surface area contributed by atoms with Crippen LogP contribution in [0, 0.1) is 0 Å². The minimum absolute atomic E-state index is 0.0120. The molecule has 6 nitrogen and oxygen atoms in total. The summed E-state index contributed by atoms with van der Waals surface area (Å²) in [5.41, 5.74) is 0.345. The first-order valence-corrected chi connectivity index (χ1v) is 12.5. The number of rotatable bonds is 4. The van der Waals surface area contributed by atoms with Crippen LogP contribution in [0.3, 0.4) is 0 Å². The summed E-state index contributed by atoms with van der Waals surface area (Å²) in [6, 6.07) is 6.99. The Labute approximate surface area is 203 Å². The van der Waals surface area contributed by atoms with Gasteiger partial charge in [-0.15, -0.1) is 0 Å². The number of nitrogens with zero attached hydrogens (tertiary/aromatic N) is 6. The van der Waals surface area contributed by atoms with Crippen LogP contribution in [0.2, 0.25) is 0 Å². The fraction of sp³-hybridized carbons (Fsp3) is 0.600. The van der Waals surface area contributed by atoms with Crippen molar-refractivity contribution in [2.24, 2.45) is 0 Å². The average Bonchev–Trinajstić information content (AvgIpc) is 3.30. The second kappa shape index (κ2) is 9.70. The predicted molar refractivity (Wildman–Crippen MR) is 130 cm³/mol. The van der Waals surface area contributed by atoms with Gasteiger partial charge < -0.3 is 19.6 Å². The molecule has 2 aromatic rings. The van der Waals surface area contributed by atoms with Crippen molar-refractivity contribution < 1.29 is 17.6 Å². The number of aromatic nitrogens is 2. The van der Waals surface area contributed by atoms with Crippen molar-refractivity contribution in [3.05, 3.63) is 36.0 Å². The highest BCUT2D eigenvalue weighted by Crippen LogP contribution is 2.36. The molecule has 35 heavy (non-hydrogen) atoms. The summed E-state index contributed by atoms with van der Waals surface area (Å²) >= 11 is 0. The van der Waals surface area contributed by atoms with E-state index in [2.05, 4.69) is 38.7 Å².